The Morgan fingerprint density at radius 2 is 1.89 bits per heavy atom. The maximum Gasteiger partial charge on any atom is 0.252 e. The largest absolute Gasteiger partial charge is 0.339 e. The van der Waals surface area contributed by atoms with Gasteiger partial charge in [0.1, 0.15) is 4.21 Å². The van der Waals surface area contributed by atoms with E-state index in [1.807, 2.05) is 42.2 Å². The van der Waals surface area contributed by atoms with Gasteiger partial charge in [0.2, 0.25) is 11.8 Å². The number of carbonyl (C=O) groups excluding carboxylic acids is 1. The zero-order valence-electron chi connectivity index (χ0n) is 19.5. The fourth-order valence-corrected chi connectivity index (χ4v) is 6.96. The third kappa shape index (κ3) is 6.68. The van der Waals surface area contributed by atoms with Gasteiger partial charge in [0.05, 0.1) is 10.9 Å². The van der Waals surface area contributed by atoms with Gasteiger partial charge in [0.25, 0.3) is 10.0 Å². The van der Waals surface area contributed by atoms with Gasteiger partial charge in [0.15, 0.2) is 5.82 Å². The Morgan fingerprint density at radius 1 is 1.14 bits per heavy atom. The smallest absolute Gasteiger partial charge is 0.252 e. The first-order chi connectivity index (χ1) is 16.8. The van der Waals surface area contributed by atoms with E-state index in [0.717, 1.165) is 16.9 Å². The molecule has 0 atom stereocenters. The van der Waals surface area contributed by atoms with Crippen molar-refractivity contribution in [2.45, 2.75) is 37.1 Å². The molecular formula is C23H28ClN5O4S2. The molecule has 1 aliphatic rings. The molecule has 9 nitrogen and oxygen atoms in total. The molecule has 0 radical (unpaired) electrons. The van der Waals surface area contributed by atoms with Gasteiger partial charge in [-0.2, -0.15) is 9.29 Å². The molecule has 0 N–H and O–H groups in total. The highest BCUT2D eigenvalue weighted by molar-refractivity contribution is 7.91. The normalized spacial score (nSPS) is 15.4. The van der Waals surface area contributed by atoms with Crippen LogP contribution < -0.4 is 0 Å². The third-order valence-electron chi connectivity index (χ3n) is 5.85. The van der Waals surface area contributed by atoms with Gasteiger partial charge < -0.3 is 9.42 Å². The Hall–Kier alpha value is -2.31. The minimum Gasteiger partial charge on any atom is -0.339 e. The second-order valence-electron chi connectivity index (χ2n) is 8.24. The van der Waals surface area contributed by atoms with Crippen LogP contribution in [0.2, 0.25) is 4.34 Å². The lowest BCUT2D eigenvalue weighted by atomic mass is 10.2. The first-order valence-corrected chi connectivity index (χ1v) is 14.1. The Bertz CT molecular complexity index is 1220. The highest BCUT2D eigenvalue weighted by Crippen LogP contribution is 2.28. The maximum atomic E-state index is 12.8. The predicted molar refractivity (Wildman–Crippen MR) is 134 cm³/mol. The molecule has 3 aromatic rings. The summed E-state index contributed by atoms with van der Waals surface area (Å²) < 4.78 is 33.1. The van der Waals surface area contributed by atoms with Gasteiger partial charge in [-0.25, -0.2) is 8.42 Å². The van der Waals surface area contributed by atoms with Crippen LogP contribution in [0.1, 0.15) is 30.6 Å². The molecule has 1 amide bonds. The van der Waals surface area contributed by atoms with Crippen molar-refractivity contribution < 1.29 is 17.7 Å². The Kier molecular flexibility index (Phi) is 8.55. The van der Waals surface area contributed by atoms with Crippen molar-refractivity contribution >= 4 is 38.9 Å². The average Bonchev–Trinajstić information content (AvgIpc) is 3.51. The molecule has 188 valence electrons. The second kappa shape index (κ2) is 11.6. The molecule has 3 heterocycles. The van der Waals surface area contributed by atoms with Crippen LogP contribution in [0.15, 0.2) is 51.2 Å². The molecule has 0 bridgehead atoms. The first-order valence-electron chi connectivity index (χ1n) is 11.5. The molecule has 1 aromatic carbocycles. The summed E-state index contributed by atoms with van der Waals surface area (Å²) in [5, 5.41) is 4.04. The standard InChI is InChI=1S/C23H28ClN5O4S2/c1-2-28(16-18-6-4-3-5-7-18)22(30)10-9-21-25-20(26-33-21)17-27-12-14-29(15-13-27)35(31,32)23-11-8-19(24)34-23/h3-8,11H,2,9-10,12-17H2,1H3. The van der Waals surface area contributed by atoms with Gasteiger partial charge in [-0.3, -0.25) is 9.69 Å². The lowest BCUT2D eigenvalue weighted by Crippen LogP contribution is -2.48. The number of hydrogen-bond acceptors (Lipinski definition) is 8. The highest BCUT2D eigenvalue weighted by Gasteiger charge is 2.30. The van der Waals surface area contributed by atoms with Gasteiger partial charge in [0, 0.05) is 52.1 Å². The summed E-state index contributed by atoms with van der Waals surface area (Å²) in [6.07, 6.45) is 0.679. The molecule has 0 saturated carbocycles. The number of thiophene rings is 1. The van der Waals surface area contributed by atoms with Crippen LogP contribution in [0, 0.1) is 0 Å². The fourth-order valence-electron chi connectivity index (χ4n) is 3.90. The van der Waals surface area contributed by atoms with Gasteiger partial charge in [-0.15, -0.1) is 11.3 Å². The first kappa shape index (κ1) is 25.8. The Balaban J connectivity index is 1.24. The number of piperazine rings is 1. The number of halogens is 1. The summed E-state index contributed by atoms with van der Waals surface area (Å²) in [7, 11) is -3.52. The SMILES string of the molecule is CCN(Cc1ccccc1)C(=O)CCc1nc(CN2CCN(S(=O)(=O)c3ccc(Cl)s3)CC2)no1. The van der Waals surface area contributed by atoms with Crippen molar-refractivity contribution in [3.63, 3.8) is 0 Å². The van der Waals surface area contributed by atoms with E-state index < -0.39 is 10.0 Å². The molecule has 1 aliphatic heterocycles. The summed E-state index contributed by atoms with van der Waals surface area (Å²) in [6, 6.07) is 13.0. The summed E-state index contributed by atoms with van der Waals surface area (Å²) >= 11 is 6.97. The van der Waals surface area contributed by atoms with Crippen molar-refractivity contribution in [3.8, 4) is 0 Å². The minimum absolute atomic E-state index is 0.0421. The van der Waals surface area contributed by atoms with Gasteiger partial charge in [-0.1, -0.05) is 47.1 Å². The fraction of sp³-hybridized carbons (Fsp3) is 0.435. The van der Waals surface area contributed by atoms with E-state index in [2.05, 4.69) is 15.0 Å². The molecule has 0 unspecified atom stereocenters. The predicted octanol–water partition coefficient (Wildman–Crippen LogP) is 3.27. The van der Waals surface area contributed by atoms with Gasteiger partial charge >= 0.3 is 0 Å². The summed E-state index contributed by atoms with van der Waals surface area (Å²) in [6.45, 7) is 5.52. The van der Waals surface area contributed by atoms with Crippen LogP contribution in [0.3, 0.4) is 0 Å². The number of rotatable bonds is 10. The summed E-state index contributed by atoms with van der Waals surface area (Å²) in [5.74, 6) is 1.01. The quantitative estimate of drug-likeness (QED) is 0.391. The topological polar surface area (TPSA) is 99.9 Å². The molecule has 2 aromatic heterocycles. The number of amides is 1. The number of carbonyl (C=O) groups is 1. The van der Waals surface area contributed by atoms with E-state index >= 15 is 0 Å². The van der Waals surface area contributed by atoms with Crippen LogP contribution in [0.25, 0.3) is 0 Å². The van der Waals surface area contributed by atoms with Crippen LogP contribution in [-0.4, -0.2) is 71.3 Å². The van der Waals surface area contributed by atoms with Crippen molar-refractivity contribution in [1.82, 2.24) is 24.2 Å². The molecule has 4 rings (SSSR count). The van der Waals surface area contributed by atoms with Crippen molar-refractivity contribution in [3.05, 3.63) is 64.1 Å². The summed E-state index contributed by atoms with van der Waals surface area (Å²) in [4.78, 5) is 21.0. The van der Waals surface area contributed by atoms with Crippen molar-refractivity contribution in [2.24, 2.45) is 0 Å². The van der Waals surface area contributed by atoms with Crippen LogP contribution in [-0.2, 0) is 34.3 Å². The maximum absolute atomic E-state index is 12.8. The zero-order chi connectivity index (χ0) is 24.8. The lowest BCUT2D eigenvalue weighted by Gasteiger charge is -2.32. The molecule has 12 heteroatoms. The number of aromatic nitrogens is 2. The van der Waals surface area contributed by atoms with Crippen LogP contribution in [0.4, 0.5) is 0 Å². The number of hydrogen-bond donors (Lipinski definition) is 0. The van der Waals surface area contributed by atoms with E-state index in [4.69, 9.17) is 16.1 Å². The van der Waals surface area contributed by atoms with Crippen molar-refractivity contribution in [2.75, 3.05) is 32.7 Å². The Morgan fingerprint density at radius 3 is 2.54 bits per heavy atom. The minimum atomic E-state index is -3.52. The number of sulfonamides is 1. The number of nitrogens with zero attached hydrogens (tertiary/aromatic N) is 5. The molecule has 35 heavy (non-hydrogen) atoms. The van der Waals surface area contributed by atoms with E-state index in [1.165, 1.54) is 4.31 Å². The third-order valence-corrected chi connectivity index (χ3v) is 9.45. The van der Waals surface area contributed by atoms with Crippen LogP contribution in [0.5, 0.6) is 0 Å². The van der Waals surface area contributed by atoms with E-state index in [1.54, 1.807) is 12.1 Å². The zero-order valence-corrected chi connectivity index (χ0v) is 21.9. The van der Waals surface area contributed by atoms with E-state index in [0.29, 0.717) is 74.7 Å². The second-order valence-corrected chi connectivity index (χ2v) is 12.1. The molecule has 1 fully saturated rings. The molecule has 0 aliphatic carbocycles. The average molecular weight is 538 g/mol. The van der Waals surface area contributed by atoms with Crippen LogP contribution >= 0.6 is 22.9 Å². The van der Waals surface area contributed by atoms with E-state index in [9.17, 15) is 13.2 Å². The van der Waals surface area contributed by atoms with Crippen molar-refractivity contribution in [1.29, 1.82) is 0 Å². The van der Waals surface area contributed by atoms with E-state index in [-0.39, 0.29) is 10.1 Å². The Labute approximate surface area is 214 Å². The molecular weight excluding hydrogens is 510 g/mol. The monoisotopic (exact) mass is 537 g/mol. The lowest BCUT2D eigenvalue weighted by molar-refractivity contribution is -0.131. The van der Waals surface area contributed by atoms with Gasteiger partial charge in [-0.05, 0) is 24.6 Å². The molecule has 1 saturated heterocycles. The summed E-state index contributed by atoms with van der Waals surface area (Å²) in [5.41, 5.74) is 1.09. The number of aryl methyl sites for hydroxylation is 1. The highest BCUT2D eigenvalue weighted by atomic mass is 35.5. The number of benzene rings is 1. The molecule has 0 spiro atoms.